The number of hydrogen-bond acceptors (Lipinski definition) is 5. The summed E-state index contributed by atoms with van der Waals surface area (Å²) < 4.78 is 4.96. The highest BCUT2D eigenvalue weighted by Gasteiger charge is 2.12. The second-order valence-corrected chi connectivity index (χ2v) is 5.15. The van der Waals surface area contributed by atoms with Crippen LogP contribution in [0.25, 0.3) is 0 Å². The molecular weight excluding hydrogens is 286 g/mol. The fourth-order valence-corrected chi connectivity index (χ4v) is 2.34. The summed E-state index contributed by atoms with van der Waals surface area (Å²) in [4.78, 5) is 12.0. The average Bonchev–Trinajstić information content (AvgIpc) is 2.84. The van der Waals surface area contributed by atoms with Crippen molar-refractivity contribution in [2.24, 2.45) is 0 Å². The number of nitrogens with one attached hydrogen (secondary N) is 1. The lowest BCUT2D eigenvalue weighted by Crippen LogP contribution is -2.12. The van der Waals surface area contributed by atoms with Gasteiger partial charge in [-0.2, -0.15) is 0 Å². The normalized spacial score (nSPS) is 10.4. The second kappa shape index (κ2) is 6.60. The predicted octanol–water partition coefficient (Wildman–Crippen LogP) is 2.63. The van der Waals surface area contributed by atoms with Crippen molar-refractivity contribution in [3.05, 3.63) is 39.9 Å². The molecule has 0 spiro atoms. The minimum Gasteiger partial charge on any atom is -0.384 e. The molecule has 1 aromatic heterocycles. The molecule has 2 rings (SSSR count). The Morgan fingerprint density at radius 3 is 2.95 bits per heavy atom. The fourth-order valence-electron chi connectivity index (χ4n) is 1.40. The van der Waals surface area contributed by atoms with Crippen molar-refractivity contribution in [3.63, 3.8) is 0 Å². The lowest BCUT2D eigenvalue weighted by Gasteiger charge is -2.02. The number of benzene rings is 1. The van der Waals surface area contributed by atoms with Gasteiger partial charge < -0.3 is 4.74 Å². The maximum absolute atomic E-state index is 12.0. The number of anilines is 1. The number of hydrogen-bond donors (Lipinski definition) is 1. The first-order valence-electron chi connectivity index (χ1n) is 5.58. The van der Waals surface area contributed by atoms with Gasteiger partial charge in [0.05, 0.1) is 17.2 Å². The highest BCUT2D eigenvalue weighted by atomic mass is 35.5. The Kier molecular flexibility index (Phi) is 4.84. The van der Waals surface area contributed by atoms with E-state index in [4.69, 9.17) is 16.3 Å². The Morgan fingerprint density at radius 2 is 2.21 bits per heavy atom. The maximum atomic E-state index is 12.0. The van der Waals surface area contributed by atoms with Gasteiger partial charge in [0, 0.05) is 13.5 Å². The summed E-state index contributed by atoms with van der Waals surface area (Å²) in [5, 5.41) is 12.2. The third-order valence-corrected chi connectivity index (χ3v) is 3.55. The van der Waals surface area contributed by atoms with Gasteiger partial charge in [0.1, 0.15) is 5.01 Å². The van der Waals surface area contributed by atoms with Crippen LogP contribution in [-0.2, 0) is 11.2 Å². The zero-order chi connectivity index (χ0) is 13.7. The highest BCUT2D eigenvalue weighted by Crippen LogP contribution is 2.19. The molecule has 0 aliphatic heterocycles. The molecule has 1 aromatic carbocycles. The van der Waals surface area contributed by atoms with E-state index in [1.807, 2.05) is 0 Å². The minimum atomic E-state index is -0.292. The van der Waals surface area contributed by atoms with Crippen LogP contribution >= 0.6 is 22.9 Å². The molecule has 0 atom stereocenters. The van der Waals surface area contributed by atoms with E-state index < -0.39 is 0 Å². The molecule has 2 aromatic rings. The van der Waals surface area contributed by atoms with Gasteiger partial charge in [-0.15, -0.1) is 10.2 Å². The predicted molar refractivity (Wildman–Crippen MR) is 74.9 cm³/mol. The first-order valence-corrected chi connectivity index (χ1v) is 6.77. The van der Waals surface area contributed by atoms with Gasteiger partial charge in [0.15, 0.2) is 0 Å². The third-order valence-electron chi connectivity index (χ3n) is 2.33. The van der Waals surface area contributed by atoms with Gasteiger partial charge >= 0.3 is 0 Å². The summed E-state index contributed by atoms with van der Waals surface area (Å²) >= 11 is 7.27. The van der Waals surface area contributed by atoms with Gasteiger partial charge in [-0.1, -0.05) is 35.1 Å². The molecule has 0 aliphatic rings. The molecule has 0 fully saturated rings. The van der Waals surface area contributed by atoms with E-state index in [0.717, 1.165) is 5.01 Å². The summed E-state index contributed by atoms with van der Waals surface area (Å²) in [6.45, 7) is 0.576. The molecule has 1 amide bonds. The monoisotopic (exact) mass is 297 g/mol. The van der Waals surface area contributed by atoms with Crippen molar-refractivity contribution in [2.45, 2.75) is 6.42 Å². The van der Waals surface area contributed by atoms with E-state index in [2.05, 4.69) is 15.5 Å². The van der Waals surface area contributed by atoms with E-state index in [1.54, 1.807) is 31.4 Å². The van der Waals surface area contributed by atoms with Crippen LogP contribution < -0.4 is 5.32 Å². The van der Waals surface area contributed by atoms with Crippen LogP contribution in [-0.4, -0.2) is 29.8 Å². The standard InChI is InChI=1S/C12H12ClN3O2S/c1-18-7-6-10-15-16-12(19-10)14-11(17)8-4-2-3-5-9(8)13/h2-5H,6-7H2,1H3,(H,14,16,17). The van der Waals surface area contributed by atoms with Gasteiger partial charge in [0.2, 0.25) is 5.13 Å². The molecule has 1 heterocycles. The number of methoxy groups -OCH3 is 1. The minimum absolute atomic E-state index is 0.292. The van der Waals surface area contributed by atoms with E-state index in [1.165, 1.54) is 11.3 Å². The lowest BCUT2D eigenvalue weighted by molar-refractivity contribution is 0.102. The number of nitrogens with zero attached hydrogens (tertiary/aromatic N) is 2. The second-order valence-electron chi connectivity index (χ2n) is 3.68. The van der Waals surface area contributed by atoms with Crippen LogP contribution in [0.1, 0.15) is 15.4 Å². The number of carbonyl (C=O) groups is 1. The number of aromatic nitrogens is 2. The SMILES string of the molecule is COCCc1nnc(NC(=O)c2ccccc2Cl)s1. The largest absolute Gasteiger partial charge is 0.384 e. The third kappa shape index (κ3) is 3.73. The molecule has 0 aliphatic carbocycles. The molecular formula is C12H12ClN3O2S. The van der Waals surface area contributed by atoms with Gasteiger partial charge in [-0.25, -0.2) is 0 Å². The van der Waals surface area contributed by atoms with Crippen LogP contribution in [0.5, 0.6) is 0 Å². The number of rotatable bonds is 5. The Labute approximate surface area is 119 Å². The summed E-state index contributed by atoms with van der Waals surface area (Å²) in [7, 11) is 1.63. The molecule has 0 radical (unpaired) electrons. The number of amides is 1. The topological polar surface area (TPSA) is 64.1 Å². The number of ether oxygens (including phenoxy) is 1. The molecule has 19 heavy (non-hydrogen) atoms. The van der Waals surface area contributed by atoms with E-state index >= 15 is 0 Å². The lowest BCUT2D eigenvalue weighted by atomic mass is 10.2. The first-order chi connectivity index (χ1) is 9.20. The van der Waals surface area contributed by atoms with Crippen molar-refractivity contribution in [2.75, 3.05) is 19.0 Å². The van der Waals surface area contributed by atoms with Crippen LogP contribution in [0.3, 0.4) is 0 Å². The molecule has 0 unspecified atom stereocenters. The van der Waals surface area contributed by atoms with Crippen LogP contribution in [0.2, 0.25) is 5.02 Å². The smallest absolute Gasteiger partial charge is 0.259 e. The molecule has 7 heteroatoms. The number of halogens is 1. The molecule has 0 saturated carbocycles. The Balaban J connectivity index is 2.03. The molecule has 1 N–H and O–H groups in total. The fraction of sp³-hybridized carbons (Fsp3) is 0.250. The van der Waals surface area contributed by atoms with Gasteiger partial charge in [-0.3, -0.25) is 10.1 Å². The maximum Gasteiger partial charge on any atom is 0.259 e. The molecule has 5 nitrogen and oxygen atoms in total. The van der Waals surface area contributed by atoms with Crippen molar-refractivity contribution < 1.29 is 9.53 Å². The Bertz CT molecular complexity index is 574. The molecule has 0 saturated heterocycles. The van der Waals surface area contributed by atoms with Crippen molar-refractivity contribution in [3.8, 4) is 0 Å². The average molecular weight is 298 g/mol. The quantitative estimate of drug-likeness (QED) is 0.921. The zero-order valence-electron chi connectivity index (χ0n) is 10.2. The van der Waals surface area contributed by atoms with Crippen LogP contribution in [0, 0.1) is 0 Å². The Morgan fingerprint density at radius 1 is 1.42 bits per heavy atom. The summed E-state index contributed by atoms with van der Waals surface area (Å²) in [5.74, 6) is -0.292. The first kappa shape index (κ1) is 13.9. The van der Waals surface area contributed by atoms with Crippen molar-refractivity contribution in [1.29, 1.82) is 0 Å². The zero-order valence-corrected chi connectivity index (χ0v) is 11.8. The van der Waals surface area contributed by atoms with Crippen molar-refractivity contribution >= 4 is 34.0 Å². The summed E-state index contributed by atoms with van der Waals surface area (Å²) in [6, 6.07) is 6.85. The van der Waals surface area contributed by atoms with E-state index in [9.17, 15) is 4.79 Å². The van der Waals surface area contributed by atoms with Crippen LogP contribution in [0.4, 0.5) is 5.13 Å². The van der Waals surface area contributed by atoms with Crippen LogP contribution in [0.15, 0.2) is 24.3 Å². The summed E-state index contributed by atoms with van der Waals surface area (Å²) in [6.07, 6.45) is 0.677. The molecule has 100 valence electrons. The van der Waals surface area contributed by atoms with Gasteiger partial charge in [0.25, 0.3) is 5.91 Å². The Hall–Kier alpha value is -1.50. The number of carbonyl (C=O) groups excluding carboxylic acids is 1. The molecule has 0 bridgehead atoms. The highest BCUT2D eigenvalue weighted by molar-refractivity contribution is 7.15. The van der Waals surface area contributed by atoms with Gasteiger partial charge in [-0.05, 0) is 12.1 Å². The summed E-state index contributed by atoms with van der Waals surface area (Å²) in [5.41, 5.74) is 0.415. The van der Waals surface area contributed by atoms with E-state index in [-0.39, 0.29) is 5.91 Å². The van der Waals surface area contributed by atoms with E-state index in [0.29, 0.717) is 28.7 Å². The van der Waals surface area contributed by atoms with Crippen molar-refractivity contribution in [1.82, 2.24) is 10.2 Å².